The van der Waals surface area contributed by atoms with Gasteiger partial charge >= 0.3 is 0 Å². The Labute approximate surface area is 122 Å². The van der Waals surface area contributed by atoms with E-state index in [-0.39, 0.29) is 6.61 Å². The molecule has 1 aliphatic carbocycles. The lowest BCUT2D eigenvalue weighted by atomic mass is 10.2. The fourth-order valence-corrected chi connectivity index (χ4v) is 2.04. The molecule has 1 fully saturated rings. The second-order valence-electron chi connectivity index (χ2n) is 5.01. The molecule has 3 N–H and O–H groups in total. The number of benzene rings is 1. The number of aliphatic hydroxyl groups is 1. The van der Waals surface area contributed by atoms with Gasteiger partial charge in [-0.3, -0.25) is 0 Å². The molecule has 0 radical (unpaired) electrons. The van der Waals surface area contributed by atoms with Crippen LogP contribution in [0.3, 0.4) is 0 Å². The predicted molar refractivity (Wildman–Crippen MR) is 77.4 cm³/mol. The number of hydrogen-bond acceptors (Lipinski definition) is 6. The number of methoxy groups -OCH3 is 1. The lowest BCUT2D eigenvalue weighted by Crippen LogP contribution is -2.01. The van der Waals surface area contributed by atoms with Gasteiger partial charge in [0.05, 0.1) is 13.7 Å². The highest BCUT2D eigenvalue weighted by Crippen LogP contribution is 2.39. The van der Waals surface area contributed by atoms with Crippen molar-refractivity contribution in [1.82, 2.24) is 9.97 Å². The molecule has 1 aliphatic rings. The van der Waals surface area contributed by atoms with E-state index in [1.807, 2.05) is 0 Å². The Bertz CT molecular complexity index is 657. The van der Waals surface area contributed by atoms with Gasteiger partial charge in [0.25, 0.3) is 0 Å². The average molecular weight is 287 g/mol. The van der Waals surface area contributed by atoms with Crippen LogP contribution in [0.4, 0.5) is 5.82 Å². The van der Waals surface area contributed by atoms with Crippen molar-refractivity contribution in [2.75, 3.05) is 12.8 Å². The average Bonchev–Trinajstić information content (AvgIpc) is 3.31. The minimum atomic E-state index is -0.0527. The summed E-state index contributed by atoms with van der Waals surface area (Å²) >= 11 is 0. The van der Waals surface area contributed by atoms with Crippen LogP contribution < -0.4 is 15.2 Å². The second kappa shape index (κ2) is 5.57. The van der Waals surface area contributed by atoms with Gasteiger partial charge in [-0.15, -0.1) is 0 Å². The highest BCUT2D eigenvalue weighted by Gasteiger charge is 2.27. The number of aliphatic hydroxyl groups excluding tert-OH is 1. The fourth-order valence-electron chi connectivity index (χ4n) is 2.04. The van der Waals surface area contributed by atoms with E-state index in [2.05, 4.69) is 9.97 Å². The van der Waals surface area contributed by atoms with E-state index in [1.54, 1.807) is 31.4 Å². The summed E-state index contributed by atoms with van der Waals surface area (Å²) in [7, 11) is 1.55. The topological polar surface area (TPSA) is 90.5 Å². The zero-order valence-electron chi connectivity index (χ0n) is 11.7. The Morgan fingerprint density at radius 3 is 2.71 bits per heavy atom. The summed E-state index contributed by atoms with van der Waals surface area (Å²) in [5.41, 5.74) is 6.55. The van der Waals surface area contributed by atoms with Crippen LogP contribution in [0.25, 0.3) is 0 Å². The van der Waals surface area contributed by atoms with Gasteiger partial charge in [-0.2, -0.15) is 4.98 Å². The first-order valence-corrected chi connectivity index (χ1v) is 6.79. The third-order valence-corrected chi connectivity index (χ3v) is 3.31. The van der Waals surface area contributed by atoms with E-state index in [4.69, 9.17) is 20.3 Å². The first kappa shape index (κ1) is 13.6. The van der Waals surface area contributed by atoms with E-state index in [1.165, 1.54) is 0 Å². The number of nitrogens with zero attached hydrogens (tertiary/aromatic N) is 2. The van der Waals surface area contributed by atoms with Crippen molar-refractivity contribution < 1.29 is 14.6 Å². The fraction of sp³-hybridized carbons (Fsp3) is 0.333. The zero-order chi connectivity index (χ0) is 14.8. The molecule has 0 spiro atoms. The summed E-state index contributed by atoms with van der Waals surface area (Å²) in [6.07, 6.45) is 2.19. The number of rotatable bonds is 5. The molecule has 0 bridgehead atoms. The van der Waals surface area contributed by atoms with Crippen molar-refractivity contribution in [2.24, 2.45) is 0 Å². The van der Waals surface area contributed by atoms with Crippen molar-refractivity contribution >= 4 is 5.82 Å². The number of hydrogen-bond donors (Lipinski definition) is 2. The van der Waals surface area contributed by atoms with Gasteiger partial charge in [-0.05, 0) is 30.5 Å². The summed E-state index contributed by atoms with van der Waals surface area (Å²) in [6, 6.07) is 6.82. The number of anilines is 1. The number of aromatic nitrogens is 2. The van der Waals surface area contributed by atoms with Crippen molar-refractivity contribution in [2.45, 2.75) is 25.4 Å². The number of ether oxygens (including phenoxy) is 2. The molecule has 0 aliphatic heterocycles. The van der Waals surface area contributed by atoms with Crippen LogP contribution in [0, 0.1) is 0 Å². The summed E-state index contributed by atoms with van der Waals surface area (Å²) in [4.78, 5) is 8.62. The maximum atomic E-state index is 9.15. The summed E-state index contributed by atoms with van der Waals surface area (Å²) < 4.78 is 11.0. The van der Waals surface area contributed by atoms with Crippen molar-refractivity contribution in [3.8, 4) is 17.4 Å². The largest absolute Gasteiger partial charge is 0.493 e. The van der Waals surface area contributed by atoms with E-state index in [0.29, 0.717) is 29.1 Å². The molecule has 21 heavy (non-hydrogen) atoms. The zero-order valence-corrected chi connectivity index (χ0v) is 11.7. The second-order valence-corrected chi connectivity index (χ2v) is 5.01. The summed E-state index contributed by atoms with van der Waals surface area (Å²) in [5.74, 6) is 2.99. The molecule has 3 rings (SSSR count). The first-order valence-electron chi connectivity index (χ1n) is 6.79. The molecule has 110 valence electrons. The molecule has 0 amide bonds. The molecule has 6 nitrogen and oxygen atoms in total. The quantitative estimate of drug-likeness (QED) is 0.876. The molecule has 0 atom stereocenters. The minimum Gasteiger partial charge on any atom is -0.493 e. The number of nitrogens with two attached hydrogens (primary N) is 1. The summed E-state index contributed by atoms with van der Waals surface area (Å²) in [6.45, 7) is -0.0527. The van der Waals surface area contributed by atoms with Crippen LogP contribution >= 0.6 is 0 Å². The van der Waals surface area contributed by atoms with Gasteiger partial charge in [0.15, 0.2) is 11.5 Å². The third-order valence-electron chi connectivity index (χ3n) is 3.31. The minimum absolute atomic E-state index is 0.0527. The van der Waals surface area contributed by atoms with E-state index in [0.717, 1.165) is 24.2 Å². The molecule has 1 saturated carbocycles. The van der Waals surface area contributed by atoms with Crippen molar-refractivity contribution in [3.05, 3.63) is 35.7 Å². The van der Waals surface area contributed by atoms with E-state index < -0.39 is 0 Å². The Hall–Kier alpha value is -2.34. The van der Waals surface area contributed by atoms with Gasteiger partial charge in [-0.1, -0.05) is 6.07 Å². The van der Waals surface area contributed by atoms with Gasteiger partial charge in [0.1, 0.15) is 11.6 Å². The molecule has 1 aromatic heterocycles. The molecular formula is C15H17N3O3. The molecule has 0 unspecified atom stereocenters. The highest BCUT2D eigenvalue weighted by atomic mass is 16.5. The molecule has 1 aromatic carbocycles. The Morgan fingerprint density at radius 2 is 2.05 bits per heavy atom. The van der Waals surface area contributed by atoms with E-state index in [9.17, 15) is 0 Å². The maximum absolute atomic E-state index is 9.15. The Balaban J connectivity index is 1.89. The monoisotopic (exact) mass is 287 g/mol. The van der Waals surface area contributed by atoms with E-state index >= 15 is 0 Å². The molecule has 0 saturated heterocycles. The van der Waals surface area contributed by atoms with Gasteiger partial charge in [0.2, 0.25) is 5.88 Å². The van der Waals surface area contributed by atoms with Crippen LogP contribution in [0.5, 0.6) is 17.4 Å². The molecular weight excluding hydrogens is 270 g/mol. The third kappa shape index (κ3) is 3.05. The highest BCUT2D eigenvalue weighted by molar-refractivity contribution is 5.45. The SMILES string of the molecule is COc1cc(CO)ccc1Oc1cc(N)nc(C2CC2)n1. The normalized spacial score (nSPS) is 14.0. The lowest BCUT2D eigenvalue weighted by molar-refractivity contribution is 0.280. The van der Waals surface area contributed by atoms with Crippen LogP contribution in [0.2, 0.25) is 0 Å². The molecule has 1 heterocycles. The van der Waals surface area contributed by atoms with Crippen LogP contribution in [0.1, 0.15) is 30.1 Å². The van der Waals surface area contributed by atoms with Gasteiger partial charge < -0.3 is 20.3 Å². The van der Waals surface area contributed by atoms with Gasteiger partial charge in [0, 0.05) is 12.0 Å². The van der Waals surface area contributed by atoms with Gasteiger partial charge in [-0.25, -0.2) is 4.98 Å². The van der Waals surface area contributed by atoms with Crippen molar-refractivity contribution in [1.29, 1.82) is 0 Å². The Kier molecular flexibility index (Phi) is 3.62. The number of nitrogen functional groups attached to an aromatic ring is 1. The van der Waals surface area contributed by atoms with Crippen LogP contribution in [-0.4, -0.2) is 22.2 Å². The molecule has 6 heteroatoms. The molecule has 2 aromatic rings. The van der Waals surface area contributed by atoms with Crippen molar-refractivity contribution in [3.63, 3.8) is 0 Å². The first-order chi connectivity index (χ1) is 10.2. The predicted octanol–water partition coefficient (Wildman–Crippen LogP) is 2.23. The van der Waals surface area contributed by atoms with Crippen LogP contribution in [0.15, 0.2) is 24.3 Å². The van der Waals surface area contributed by atoms with Crippen LogP contribution in [-0.2, 0) is 6.61 Å². The lowest BCUT2D eigenvalue weighted by Gasteiger charge is -2.11. The smallest absolute Gasteiger partial charge is 0.224 e. The maximum Gasteiger partial charge on any atom is 0.224 e. The Morgan fingerprint density at radius 1 is 1.24 bits per heavy atom. The standard InChI is InChI=1S/C15H17N3O3/c1-20-12-6-9(8-19)2-5-11(12)21-14-7-13(16)17-15(18-14)10-3-4-10/h2,5-7,10,19H,3-4,8H2,1H3,(H2,16,17,18). The summed E-state index contributed by atoms with van der Waals surface area (Å²) in [5, 5.41) is 9.15.